The maximum atomic E-state index is 12.7. The van der Waals surface area contributed by atoms with Crippen molar-refractivity contribution in [2.75, 3.05) is 6.54 Å². The van der Waals surface area contributed by atoms with Crippen molar-refractivity contribution in [3.05, 3.63) is 46.4 Å². The van der Waals surface area contributed by atoms with Gasteiger partial charge >= 0.3 is 6.18 Å². The van der Waals surface area contributed by atoms with Gasteiger partial charge in [0.2, 0.25) is 5.91 Å². The molecule has 0 spiro atoms. The lowest BCUT2D eigenvalue weighted by Gasteiger charge is -2.25. The Morgan fingerprint density at radius 1 is 1.39 bits per heavy atom. The molecular weight excluding hydrogens is 309 g/mol. The van der Waals surface area contributed by atoms with Gasteiger partial charge in [0.1, 0.15) is 12.1 Å². The number of hydrogen-bond acceptors (Lipinski definition) is 2. The fourth-order valence-electron chi connectivity index (χ4n) is 2.64. The maximum absolute atomic E-state index is 12.7. The summed E-state index contributed by atoms with van der Waals surface area (Å²) in [5.41, 5.74) is -2.44. The van der Waals surface area contributed by atoms with E-state index in [2.05, 4.69) is 0 Å². The number of rotatable bonds is 5. The molecule has 1 aliphatic heterocycles. The molecule has 0 saturated carbocycles. The van der Waals surface area contributed by atoms with Crippen LogP contribution in [-0.2, 0) is 17.5 Å². The molecule has 7 heteroatoms. The molecule has 0 saturated heterocycles. The topological polar surface area (TPSA) is 42.3 Å². The second-order valence-electron chi connectivity index (χ2n) is 5.54. The summed E-state index contributed by atoms with van der Waals surface area (Å²) in [6, 6.07) is 1.82. The highest BCUT2D eigenvalue weighted by molar-refractivity contribution is 5.77. The highest BCUT2D eigenvalue weighted by Crippen LogP contribution is 2.26. The molecule has 0 radical (unpaired) electrons. The first-order valence-corrected chi connectivity index (χ1v) is 7.57. The molecule has 1 aromatic rings. The quantitative estimate of drug-likeness (QED) is 0.780. The van der Waals surface area contributed by atoms with Crippen LogP contribution in [0.25, 0.3) is 0 Å². The summed E-state index contributed by atoms with van der Waals surface area (Å²) >= 11 is 0. The van der Waals surface area contributed by atoms with Crippen LogP contribution in [-0.4, -0.2) is 28.0 Å². The molecule has 1 atom stereocenters. The molecule has 0 aromatic carbocycles. The largest absolute Gasteiger partial charge is 0.421 e. The van der Waals surface area contributed by atoms with Gasteiger partial charge in [-0.1, -0.05) is 31.9 Å². The maximum Gasteiger partial charge on any atom is 0.421 e. The van der Waals surface area contributed by atoms with Crippen LogP contribution in [0.2, 0.25) is 0 Å². The zero-order valence-corrected chi connectivity index (χ0v) is 12.8. The van der Waals surface area contributed by atoms with Crippen molar-refractivity contribution in [2.24, 2.45) is 0 Å². The van der Waals surface area contributed by atoms with E-state index in [1.807, 2.05) is 19.1 Å². The van der Waals surface area contributed by atoms with Crippen LogP contribution in [0.4, 0.5) is 13.2 Å². The third kappa shape index (κ3) is 4.03. The van der Waals surface area contributed by atoms with E-state index in [1.165, 1.54) is 6.20 Å². The molecule has 2 rings (SSSR count). The highest BCUT2D eigenvalue weighted by atomic mass is 19.4. The molecule has 1 aliphatic rings. The van der Waals surface area contributed by atoms with Crippen molar-refractivity contribution in [1.29, 1.82) is 0 Å². The summed E-state index contributed by atoms with van der Waals surface area (Å²) in [4.78, 5) is 25.8. The summed E-state index contributed by atoms with van der Waals surface area (Å²) < 4.78 is 39.1. The molecule has 0 aliphatic carbocycles. The number of carbonyl (C=O) groups excluding carboxylic acids is 1. The molecule has 0 bridgehead atoms. The van der Waals surface area contributed by atoms with Crippen LogP contribution < -0.4 is 5.56 Å². The van der Waals surface area contributed by atoms with Gasteiger partial charge in [0.05, 0.1) is 6.04 Å². The first-order valence-electron chi connectivity index (χ1n) is 7.57. The third-order valence-corrected chi connectivity index (χ3v) is 3.87. The van der Waals surface area contributed by atoms with Gasteiger partial charge in [0.15, 0.2) is 0 Å². The number of alkyl halides is 3. The lowest BCUT2D eigenvalue weighted by molar-refractivity contribution is -0.139. The van der Waals surface area contributed by atoms with Crippen molar-refractivity contribution in [3.63, 3.8) is 0 Å². The van der Waals surface area contributed by atoms with Crippen molar-refractivity contribution >= 4 is 5.91 Å². The van der Waals surface area contributed by atoms with Gasteiger partial charge in [-0.2, -0.15) is 13.2 Å². The molecule has 1 amide bonds. The van der Waals surface area contributed by atoms with Crippen LogP contribution in [0.15, 0.2) is 35.3 Å². The molecule has 1 aromatic heterocycles. The summed E-state index contributed by atoms with van der Waals surface area (Å²) in [5.74, 6) is -0.350. The van der Waals surface area contributed by atoms with Crippen LogP contribution in [0.3, 0.4) is 0 Å². The molecule has 0 fully saturated rings. The first-order chi connectivity index (χ1) is 10.8. The van der Waals surface area contributed by atoms with Gasteiger partial charge in [-0.25, -0.2) is 0 Å². The first kappa shape index (κ1) is 17.3. The fourth-order valence-corrected chi connectivity index (χ4v) is 2.64. The molecule has 4 nitrogen and oxygen atoms in total. The van der Waals surface area contributed by atoms with E-state index < -0.39 is 17.3 Å². The number of halogens is 3. The van der Waals surface area contributed by atoms with Crippen molar-refractivity contribution in [2.45, 2.75) is 44.9 Å². The summed E-state index contributed by atoms with van der Waals surface area (Å²) in [6.07, 6.45) is 3.07. The minimum atomic E-state index is -4.72. The van der Waals surface area contributed by atoms with Gasteiger partial charge in [-0.05, 0) is 18.6 Å². The number of aromatic nitrogens is 1. The highest BCUT2D eigenvalue weighted by Gasteiger charge is 2.34. The Labute approximate surface area is 132 Å². The Bertz CT molecular complexity index is 649. The average Bonchev–Trinajstić information content (AvgIpc) is 2.94. The van der Waals surface area contributed by atoms with Crippen LogP contribution in [0.5, 0.6) is 0 Å². The molecule has 23 heavy (non-hydrogen) atoms. The van der Waals surface area contributed by atoms with Gasteiger partial charge in [-0.15, -0.1) is 0 Å². The van der Waals surface area contributed by atoms with Gasteiger partial charge in [-0.3, -0.25) is 9.59 Å². The second-order valence-corrected chi connectivity index (χ2v) is 5.54. The number of unbranched alkanes of at least 4 members (excludes halogenated alkanes) is 1. The van der Waals surface area contributed by atoms with E-state index in [1.54, 1.807) is 4.90 Å². The average molecular weight is 328 g/mol. The van der Waals surface area contributed by atoms with Gasteiger partial charge in [0, 0.05) is 12.7 Å². The minimum absolute atomic E-state index is 0.0380. The predicted molar refractivity (Wildman–Crippen MR) is 79.9 cm³/mol. The third-order valence-electron chi connectivity index (χ3n) is 3.87. The number of hydrogen-bond donors (Lipinski definition) is 0. The number of nitrogens with zero attached hydrogens (tertiary/aromatic N) is 2. The molecule has 0 N–H and O–H groups in total. The molecule has 126 valence electrons. The lowest BCUT2D eigenvalue weighted by Crippen LogP contribution is -2.40. The molecule has 1 unspecified atom stereocenters. The van der Waals surface area contributed by atoms with E-state index in [-0.39, 0.29) is 18.5 Å². The van der Waals surface area contributed by atoms with Gasteiger partial charge in [0.25, 0.3) is 5.56 Å². The lowest BCUT2D eigenvalue weighted by atomic mass is 10.1. The van der Waals surface area contributed by atoms with E-state index in [9.17, 15) is 22.8 Å². The standard InChI is InChI=1S/C16H19F3N2O2/c1-2-3-6-12-7-4-10-21(12)14(22)11-20-9-5-8-13(15(20)23)16(17,18)19/h4-5,7-9,12H,2-3,6,10-11H2,1H3. The van der Waals surface area contributed by atoms with E-state index >= 15 is 0 Å². The van der Waals surface area contributed by atoms with Crippen molar-refractivity contribution in [3.8, 4) is 0 Å². The number of amides is 1. The Kier molecular flexibility index (Phi) is 5.28. The van der Waals surface area contributed by atoms with Gasteiger partial charge < -0.3 is 9.47 Å². The zero-order valence-electron chi connectivity index (χ0n) is 12.8. The monoisotopic (exact) mass is 328 g/mol. The summed E-state index contributed by atoms with van der Waals surface area (Å²) in [5, 5.41) is 0. The number of pyridine rings is 1. The second kappa shape index (κ2) is 7.02. The Morgan fingerprint density at radius 3 is 2.78 bits per heavy atom. The van der Waals surface area contributed by atoms with Crippen LogP contribution >= 0.6 is 0 Å². The Balaban J connectivity index is 2.13. The van der Waals surface area contributed by atoms with Crippen molar-refractivity contribution in [1.82, 2.24) is 9.47 Å². The van der Waals surface area contributed by atoms with E-state index in [0.717, 1.165) is 36.0 Å². The van der Waals surface area contributed by atoms with Crippen LogP contribution in [0.1, 0.15) is 31.7 Å². The zero-order chi connectivity index (χ0) is 17.0. The van der Waals surface area contributed by atoms with Crippen LogP contribution in [0, 0.1) is 0 Å². The normalized spacial score (nSPS) is 17.7. The van der Waals surface area contributed by atoms with E-state index in [0.29, 0.717) is 6.54 Å². The minimum Gasteiger partial charge on any atom is -0.331 e. The predicted octanol–water partition coefficient (Wildman–Crippen LogP) is 2.82. The fraction of sp³-hybridized carbons (Fsp3) is 0.500. The molecule has 2 heterocycles. The summed E-state index contributed by atoms with van der Waals surface area (Å²) in [7, 11) is 0. The Morgan fingerprint density at radius 2 is 2.13 bits per heavy atom. The SMILES string of the molecule is CCCCC1C=CCN1C(=O)Cn1cccc(C(F)(F)F)c1=O. The number of carbonyl (C=O) groups is 1. The smallest absolute Gasteiger partial charge is 0.331 e. The Hall–Kier alpha value is -2.05. The van der Waals surface area contributed by atoms with E-state index in [4.69, 9.17) is 0 Å². The summed E-state index contributed by atoms with van der Waals surface area (Å²) in [6.45, 7) is 2.10. The van der Waals surface area contributed by atoms with Crippen molar-refractivity contribution < 1.29 is 18.0 Å². The molecular formula is C16H19F3N2O2.